The van der Waals surface area contributed by atoms with E-state index in [4.69, 9.17) is 9.47 Å². The SMILES string of the molecule is COc1ccccc1/C=C/C(=O)NCC(=O)N/N=C/c1cccc(OC)c1O. The molecule has 2 aromatic carbocycles. The van der Waals surface area contributed by atoms with Gasteiger partial charge in [-0.05, 0) is 24.3 Å². The number of carbonyl (C=O) groups excluding carboxylic acids is 2. The molecule has 0 fully saturated rings. The van der Waals surface area contributed by atoms with Crippen molar-refractivity contribution in [2.45, 2.75) is 0 Å². The minimum atomic E-state index is -0.516. The summed E-state index contributed by atoms with van der Waals surface area (Å²) in [4.78, 5) is 23.6. The zero-order valence-corrected chi connectivity index (χ0v) is 15.5. The van der Waals surface area contributed by atoms with Gasteiger partial charge in [-0.2, -0.15) is 5.10 Å². The monoisotopic (exact) mass is 383 g/mol. The van der Waals surface area contributed by atoms with Gasteiger partial charge in [0, 0.05) is 17.2 Å². The molecule has 0 heterocycles. The third kappa shape index (κ3) is 5.87. The van der Waals surface area contributed by atoms with Crippen molar-refractivity contribution in [3.8, 4) is 17.2 Å². The molecule has 146 valence electrons. The van der Waals surface area contributed by atoms with Crippen LogP contribution in [0, 0.1) is 0 Å². The minimum absolute atomic E-state index is 0.0854. The van der Waals surface area contributed by atoms with Gasteiger partial charge in [0.05, 0.1) is 27.0 Å². The van der Waals surface area contributed by atoms with Crippen molar-refractivity contribution >= 4 is 24.1 Å². The molecule has 0 spiro atoms. The van der Waals surface area contributed by atoms with Gasteiger partial charge in [-0.25, -0.2) is 5.43 Å². The summed E-state index contributed by atoms with van der Waals surface area (Å²) in [5.41, 5.74) is 3.38. The van der Waals surface area contributed by atoms with Crippen LogP contribution in [-0.4, -0.2) is 43.9 Å². The van der Waals surface area contributed by atoms with Crippen LogP contribution in [0.3, 0.4) is 0 Å². The second-order valence-corrected chi connectivity index (χ2v) is 5.48. The number of carbonyl (C=O) groups is 2. The summed E-state index contributed by atoms with van der Waals surface area (Å²) < 4.78 is 10.2. The van der Waals surface area contributed by atoms with Crippen molar-refractivity contribution in [2.75, 3.05) is 20.8 Å². The molecule has 0 aliphatic heterocycles. The Labute approximate surface area is 162 Å². The van der Waals surface area contributed by atoms with Crippen LogP contribution >= 0.6 is 0 Å². The number of ether oxygens (including phenoxy) is 2. The summed E-state index contributed by atoms with van der Waals surface area (Å²) >= 11 is 0. The van der Waals surface area contributed by atoms with Gasteiger partial charge in [0.1, 0.15) is 5.75 Å². The molecule has 3 N–H and O–H groups in total. The summed E-state index contributed by atoms with van der Waals surface area (Å²) in [6, 6.07) is 12.1. The highest BCUT2D eigenvalue weighted by Gasteiger charge is 2.06. The van der Waals surface area contributed by atoms with Gasteiger partial charge in [0.15, 0.2) is 11.5 Å². The Morgan fingerprint density at radius 1 is 1.04 bits per heavy atom. The Hall–Kier alpha value is -3.81. The van der Waals surface area contributed by atoms with Gasteiger partial charge < -0.3 is 19.9 Å². The Bertz CT molecular complexity index is 893. The summed E-state index contributed by atoms with van der Waals surface area (Å²) in [5, 5.41) is 16.1. The molecule has 2 amide bonds. The standard InChI is InChI=1S/C20H21N3O5/c1-27-16-8-4-3-6-14(16)10-11-18(24)21-13-19(25)23-22-12-15-7-5-9-17(28-2)20(15)26/h3-12,26H,13H2,1-2H3,(H,21,24)(H,23,25)/b11-10+,22-12+. The number of methoxy groups -OCH3 is 2. The predicted octanol–water partition coefficient (Wildman–Crippen LogP) is 1.69. The number of hydrogen-bond acceptors (Lipinski definition) is 6. The number of aromatic hydroxyl groups is 1. The lowest BCUT2D eigenvalue weighted by Gasteiger charge is -2.05. The van der Waals surface area contributed by atoms with Gasteiger partial charge >= 0.3 is 0 Å². The number of para-hydroxylation sites is 2. The number of amides is 2. The lowest BCUT2D eigenvalue weighted by molar-refractivity contribution is -0.123. The lowest BCUT2D eigenvalue weighted by Crippen LogP contribution is -2.34. The molecule has 8 heteroatoms. The average Bonchev–Trinajstić information content (AvgIpc) is 2.72. The topological polar surface area (TPSA) is 109 Å². The van der Waals surface area contributed by atoms with E-state index >= 15 is 0 Å². The smallest absolute Gasteiger partial charge is 0.259 e. The molecule has 0 aliphatic carbocycles. The molecule has 0 aliphatic rings. The van der Waals surface area contributed by atoms with Crippen LogP contribution in [0.1, 0.15) is 11.1 Å². The maximum atomic E-state index is 11.8. The van der Waals surface area contributed by atoms with E-state index in [1.807, 2.05) is 12.1 Å². The maximum absolute atomic E-state index is 11.8. The molecule has 2 rings (SSSR count). The van der Waals surface area contributed by atoms with Gasteiger partial charge in [-0.15, -0.1) is 0 Å². The molecule has 8 nitrogen and oxygen atoms in total. The molecule has 0 bridgehead atoms. The number of rotatable bonds is 8. The predicted molar refractivity (Wildman–Crippen MR) is 105 cm³/mol. The second kappa shape index (κ2) is 10.4. The molecule has 0 saturated carbocycles. The zero-order valence-electron chi connectivity index (χ0n) is 15.5. The number of benzene rings is 2. The normalized spacial score (nSPS) is 10.8. The molecule has 0 aromatic heterocycles. The number of nitrogens with one attached hydrogen (secondary N) is 2. The van der Waals surface area contributed by atoms with E-state index in [1.54, 1.807) is 43.5 Å². The molecule has 0 unspecified atom stereocenters. The Morgan fingerprint density at radius 3 is 2.46 bits per heavy atom. The second-order valence-electron chi connectivity index (χ2n) is 5.48. The van der Waals surface area contributed by atoms with Crippen LogP contribution in [0.15, 0.2) is 53.6 Å². The van der Waals surface area contributed by atoms with Crippen molar-refractivity contribution in [1.29, 1.82) is 0 Å². The largest absolute Gasteiger partial charge is 0.504 e. The fraction of sp³-hybridized carbons (Fsp3) is 0.150. The first kappa shape index (κ1) is 20.5. The van der Waals surface area contributed by atoms with Gasteiger partial charge in [0.25, 0.3) is 5.91 Å². The third-order valence-corrected chi connectivity index (χ3v) is 3.62. The van der Waals surface area contributed by atoms with E-state index in [0.29, 0.717) is 17.1 Å². The lowest BCUT2D eigenvalue weighted by atomic mass is 10.2. The van der Waals surface area contributed by atoms with Gasteiger partial charge in [-0.1, -0.05) is 24.3 Å². The average molecular weight is 383 g/mol. The Morgan fingerprint density at radius 2 is 1.71 bits per heavy atom. The third-order valence-electron chi connectivity index (χ3n) is 3.62. The van der Waals surface area contributed by atoms with E-state index < -0.39 is 11.8 Å². The molecular formula is C20H21N3O5. The highest BCUT2D eigenvalue weighted by atomic mass is 16.5. The Balaban J connectivity index is 1.82. The highest BCUT2D eigenvalue weighted by molar-refractivity contribution is 5.94. The van der Waals surface area contributed by atoms with E-state index in [9.17, 15) is 14.7 Å². The maximum Gasteiger partial charge on any atom is 0.259 e. The van der Waals surface area contributed by atoms with Crippen molar-refractivity contribution in [1.82, 2.24) is 10.7 Å². The number of hydrazone groups is 1. The number of phenols is 1. The van der Waals surface area contributed by atoms with Crippen LogP contribution < -0.4 is 20.2 Å². The van der Waals surface area contributed by atoms with Gasteiger partial charge in [-0.3, -0.25) is 9.59 Å². The molecular weight excluding hydrogens is 362 g/mol. The van der Waals surface area contributed by atoms with E-state index in [1.165, 1.54) is 19.4 Å². The fourth-order valence-electron chi connectivity index (χ4n) is 2.22. The van der Waals surface area contributed by atoms with E-state index in [0.717, 1.165) is 5.56 Å². The van der Waals surface area contributed by atoms with Crippen LogP contribution in [0.4, 0.5) is 0 Å². The van der Waals surface area contributed by atoms with E-state index in [2.05, 4.69) is 15.8 Å². The molecule has 2 aromatic rings. The first-order valence-corrected chi connectivity index (χ1v) is 8.32. The van der Waals surface area contributed by atoms with Crippen LogP contribution in [-0.2, 0) is 9.59 Å². The van der Waals surface area contributed by atoms with Crippen molar-refractivity contribution < 1.29 is 24.2 Å². The molecule has 0 saturated heterocycles. The van der Waals surface area contributed by atoms with E-state index in [-0.39, 0.29) is 12.3 Å². The summed E-state index contributed by atoms with van der Waals surface area (Å²) in [6.45, 7) is -0.253. The number of phenolic OH excluding ortho intramolecular Hbond substituents is 1. The number of nitrogens with zero attached hydrogens (tertiary/aromatic N) is 1. The first-order valence-electron chi connectivity index (χ1n) is 8.32. The molecule has 0 radical (unpaired) electrons. The van der Waals surface area contributed by atoms with Crippen LogP contribution in [0.25, 0.3) is 6.08 Å². The van der Waals surface area contributed by atoms with Crippen LogP contribution in [0.2, 0.25) is 0 Å². The summed E-state index contributed by atoms with van der Waals surface area (Å²) in [7, 11) is 2.98. The number of hydrogen-bond donors (Lipinski definition) is 3. The van der Waals surface area contributed by atoms with Crippen molar-refractivity contribution in [3.05, 3.63) is 59.7 Å². The fourth-order valence-corrected chi connectivity index (χ4v) is 2.22. The Kier molecular flexibility index (Phi) is 7.59. The first-order chi connectivity index (χ1) is 13.5. The summed E-state index contributed by atoms with van der Waals surface area (Å²) in [6.07, 6.45) is 4.18. The minimum Gasteiger partial charge on any atom is -0.504 e. The summed E-state index contributed by atoms with van der Waals surface area (Å²) in [5.74, 6) is -0.102. The zero-order chi connectivity index (χ0) is 20.4. The highest BCUT2D eigenvalue weighted by Crippen LogP contribution is 2.27. The molecule has 28 heavy (non-hydrogen) atoms. The molecule has 0 atom stereocenters. The van der Waals surface area contributed by atoms with Crippen molar-refractivity contribution in [2.24, 2.45) is 5.10 Å². The van der Waals surface area contributed by atoms with Crippen LogP contribution in [0.5, 0.6) is 17.2 Å². The van der Waals surface area contributed by atoms with Crippen molar-refractivity contribution in [3.63, 3.8) is 0 Å². The van der Waals surface area contributed by atoms with Gasteiger partial charge in [0.2, 0.25) is 5.91 Å². The quantitative estimate of drug-likeness (QED) is 0.365.